The fraction of sp³-hybridized carbons (Fsp3) is 0.438. The van der Waals surface area contributed by atoms with E-state index in [1.54, 1.807) is 6.20 Å². The second-order valence-electron chi connectivity index (χ2n) is 5.55. The van der Waals surface area contributed by atoms with Crippen LogP contribution in [0.5, 0.6) is 0 Å². The van der Waals surface area contributed by atoms with E-state index in [0.717, 1.165) is 31.1 Å². The SMILES string of the molecule is Cc1cc(CNC2CCCN(c3cccnn3)C2)ccn1. The summed E-state index contributed by atoms with van der Waals surface area (Å²) in [6.07, 6.45) is 5.98. The van der Waals surface area contributed by atoms with E-state index in [0.29, 0.717) is 6.04 Å². The molecular weight excluding hydrogens is 262 g/mol. The molecule has 3 rings (SSSR count). The number of hydrogen-bond acceptors (Lipinski definition) is 5. The molecule has 21 heavy (non-hydrogen) atoms. The van der Waals surface area contributed by atoms with Crippen LogP contribution < -0.4 is 10.2 Å². The minimum atomic E-state index is 0.495. The van der Waals surface area contributed by atoms with Crippen LogP contribution in [-0.4, -0.2) is 34.3 Å². The van der Waals surface area contributed by atoms with Gasteiger partial charge >= 0.3 is 0 Å². The molecule has 0 aromatic carbocycles. The molecule has 5 heteroatoms. The minimum absolute atomic E-state index is 0.495. The van der Waals surface area contributed by atoms with Crippen molar-refractivity contribution >= 4 is 5.82 Å². The summed E-state index contributed by atoms with van der Waals surface area (Å²) >= 11 is 0. The maximum absolute atomic E-state index is 4.24. The molecule has 0 radical (unpaired) electrons. The number of anilines is 1. The third-order valence-corrected chi connectivity index (χ3v) is 3.86. The summed E-state index contributed by atoms with van der Waals surface area (Å²) < 4.78 is 0. The first-order valence-corrected chi connectivity index (χ1v) is 7.49. The van der Waals surface area contributed by atoms with Crippen LogP contribution in [0.4, 0.5) is 5.82 Å². The third-order valence-electron chi connectivity index (χ3n) is 3.86. The number of hydrogen-bond donors (Lipinski definition) is 1. The number of pyridine rings is 1. The Kier molecular flexibility index (Phi) is 4.40. The summed E-state index contributed by atoms with van der Waals surface area (Å²) in [6.45, 7) is 4.97. The smallest absolute Gasteiger partial charge is 0.151 e. The van der Waals surface area contributed by atoms with Gasteiger partial charge in [0.15, 0.2) is 5.82 Å². The van der Waals surface area contributed by atoms with Gasteiger partial charge in [-0.05, 0) is 49.6 Å². The minimum Gasteiger partial charge on any atom is -0.354 e. The predicted octanol–water partition coefficient (Wildman–Crippen LogP) is 1.94. The molecule has 2 aromatic heterocycles. The first-order chi connectivity index (χ1) is 10.3. The lowest BCUT2D eigenvalue weighted by atomic mass is 10.1. The average Bonchev–Trinajstić information content (AvgIpc) is 2.54. The standard InChI is InChI=1S/C16H21N5/c1-13-10-14(6-8-17-13)11-18-15-4-3-9-21(12-15)16-5-2-7-19-20-16/h2,5-8,10,15,18H,3-4,9,11-12H2,1H3. The van der Waals surface area contributed by atoms with E-state index in [-0.39, 0.29) is 0 Å². The first-order valence-electron chi connectivity index (χ1n) is 7.49. The van der Waals surface area contributed by atoms with Crippen molar-refractivity contribution in [3.8, 4) is 0 Å². The largest absolute Gasteiger partial charge is 0.354 e. The quantitative estimate of drug-likeness (QED) is 0.929. The van der Waals surface area contributed by atoms with Crippen molar-refractivity contribution in [2.45, 2.75) is 32.4 Å². The van der Waals surface area contributed by atoms with E-state index in [2.05, 4.69) is 37.5 Å². The maximum Gasteiger partial charge on any atom is 0.151 e. The van der Waals surface area contributed by atoms with Gasteiger partial charge in [-0.2, -0.15) is 5.10 Å². The Bertz CT molecular complexity index is 572. The Balaban J connectivity index is 1.57. The first kappa shape index (κ1) is 13.9. The summed E-state index contributed by atoms with van der Waals surface area (Å²) in [5.74, 6) is 0.976. The molecule has 2 aromatic rings. The summed E-state index contributed by atoms with van der Waals surface area (Å²) in [7, 11) is 0. The van der Waals surface area contributed by atoms with Crippen LogP contribution in [0.25, 0.3) is 0 Å². The second kappa shape index (κ2) is 6.63. The van der Waals surface area contributed by atoms with Gasteiger partial charge in [-0.15, -0.1) is 5.10 Å². The monoisotopic (exact) mass is 283 g/mol. The van der Waals surface area contributed by atoms with Crippen LogP contribution in [0.2, 0.25) is 0 Å². The van der Waals surface area contributed by atoms with Gasteiger partial charge in [0, 0.05) is 43.8 Å². The van der Waals surface area contributed by atoms with Gasteiger partial charge in [0.2, 0.25) is 0 Å². The van der Waals surface area contributed by atoms with Crippen molar-refractivity contribution in [3.63, 3.8) is 0 Å². The fourth-order valence-electron chi connectivity index (χ4n) is 2.79. The van der Waals surface area contributed by atoms with Crippen molar-refractivity contribution in [1.82, 2.24) is 20.5 Å². The highest BCUT2D eigenvalue weighted by Crippen LogP contribution is 2.17. The highest BCUT2D eigenvalue weighted by molar-refractivity contribution is 5.37. The molecule has 3 heterocycles. The van der Waals surface area contributed by atoms with Gasteiger partial charge in [-0.25, -0.2) is 0 Å². The zero-order valence-corrected chi connectivity index (χ0v) is 12.4. The molecular formula is C16H21N5. The molecule has 1 saturated heterocycles. The van der Waals surface area contributed by atoms with Crippen molar-refractivity contribution in [3.05, 3.63) is 47.9 Å². The number of aryl methyl sites for hydroxylation is 1. The third kappa shape index (κ3) is 3.76. The molecule has 1 aliphatic rings. The fourth-order valence-corrected chi connectivity index (χ4v) is 2.79. The number of piperidine rings is 1. The molecule has 0 saturated carbocycles. The molecule has 0 aliphatic carbocycles. The lowest BCUT2D eigenvalue weighted by Crippen LogP contribution is -2.45. The second-order valence-corrected chi connectivity index (χ2v) is 5.55. The Hall–Kier alpha value is -2.01. The topological polar surface area (TPSA) is 53.9 Å². The molecule has 1 N–H and O–H groups in total. The van der Waals surface area contributed by atoms with Crippen molar-refractivity contribution in [1.29, 1.82) is 0 Å². The van der Waals surface area contributed by atoms with Crippen LogP contribution in [0.3, 0.4) is 0 Å². The molecule has 5 nitrogen and oxygen atoms in total. The van der Waals surface area contributed by atoms with E-state index in [1.807, 2.05) is 25.3 Å². The molecule has 0 bridgehead atoms. The van der Waals surface area contributed by atoms with Crippen LogP contribution in [0.1, 0.15) is 24.1 Å². The van der Waals surface area contributed by atoms with Gasteiger partial charge in [-0.1, -0.05) is 0 Å². The summed E-state index contributed by atoms with van der Waals surface area (Å²) in [5.41, 5.74) is 2.36. The van der Waals surface area contributed by atoms with Crippen molar-refractivity contribution in [2.75, 3.05) is 18.0 Å². The van der Waals surface area contributed by atoms with Gasteiger partial charge in [0.05, 0.1) is 0 Å². The van der Waals surface area contributed by atoms with Crippen LogP contribution in [-0.2, 0) is 6.54 Å². The summed E-state index contributed by atoms with van der Waals surface area (Å²) in [4.78, 5) is 6.55. The normalized spacial score (nSPS) is 18.7. The molecule has 110 valence electrons. The highest BCUT2D eigenvalue weighted by Gasteiger charge is 2.20. The van der Waals surface area contributed by atoms with E-state index in [4.69, 9.17) is 0 Å². The van der Waals surface area contributed by atoms with E-state index < -0.39 is 0 Å². The zero-order valence-electron chi connectivity index (χ0n) is 12.4. The maximum atomic E-state index is 4.24. The van der Waals surface area contributed by atoms with Gasteiger partial charge < -0.3 is 10.2 Å². The van der Waals surface area contributed by atoms with Gasteiger partial charge in [0.1, 0.15) is 0 Å². The van der Waals surface area contributed by atoms with Gasteiger partial charge in [-0.3, -0.25) is 4.98 Å². The number of aromatic nitrogens is 3. The highest BCUT2D eigenvalue weighted by atomic mass is 15.3. The Morgan fingerprint density at radius 1 is 1.33 bits per heavy atom. The molecule has 1 unspecified atom stereocenters. The molecule has 1 aliphatic heterocycles. The number of rotatable bonds is 4. The predicted molar refractivity (Wildman–Crippen MR) is 83.1 cm³/mol. The van der Waals surface area contributed by atoms with Crippen LogP contribution >= 0.6 is 0 Å². The Morgan fingerprint density at radius 3 is 3.10 bits per heavy atom. The number of nitrogens with zero attached hydrogens (tertiary/aromatic N) is 4. The Labute approximate surface area is 125 Å². The molecule has 1 atom stereocenters. The lowest BCUT2D eigenvalue weighted by molar-refractivity contribution is 0.419. The Morgan fingerprint density at radius 2 is 2.29 bits per heavy atom. The van der Waals surface area contributed by atoms with Gasteiger partial charge in [0.25, 0.3) is 0 Å². The van der Waals surface area contributed by atoms with E-state index in [9.17, 15) is 0 Å². The zero-order chi connectivity index (χ0) is 14.5. The van der Waals surface area contributed by atoms with Crippen LogP contribution in [0.15, 0.2) is 36.7 Å². The summed E-state index contributed by atoms with van der Waals surface area (Å²) in [5, 5.41) is 11.8. The van der Waals surface area contributed by atoms with E-state index in [1.165, 1.54) is 18.4 Å². The number of nitrogens with one attached hydrogen (secondary N) is 1. The van der Waals surface area contributed by atoms with E-state index >= 15 is 0 Å². The van der Waals surface area contributed by atoms with Crippen LogP contribution in [0, 0.1) is 6.92 Å². The molecule has 0 spiro atoms. The molecule has 0 amide bonds. The lowest BCUT2D eigenvalue weighted by Gasteiger charge is -2.33. The molecule has 1 fully saturated rings. The van der Waals surface area contributed by atoms with Crippen molar-refractivity contribution < 1.29 is 0 Å². The van der Waals surface area contributed by atoms with Crippen molar-refractivity contribution in [2.24, 2.45) is 0 Å². The summed E-state index contributed by atoms with van der Waals surface area (Å²) in [6, 6.07) is 8.68. The average molecular weight is 283 g/mol.